The van der Waals surface area contributed by atoms with Gasteiger partial charge in [0.05, 0.1) is 19.7 Å². The Balaban J connectivity index is 1.44. The fraction of sp³-hybridized carbons (Fsp3) is 0.333. The van der Waals surface area contributed by atoms with Crippen molar-refractivity contribution in [3.8, 4) is 5.75 Å². The summed E-state index contributed by atoms with van der Waals surface area (Å²) in [5.41, 5.74) is 2.01. The predicted molar refractivity (Wildman–Crippen MR) is 101 cm³/mol. The van der Waals surface area contributed by atoms with Gasteiger partial charge in [-0.3, -0.25) is 9.59 Å². The summed E-state index contributed by atoms with van der Waals surface area (Å²) in [4.78, 5) is 26.1. The zero-order valence-electron chi connectivity index (χ0n) is 15.4. The zero-order valence-corrected chi connectivity index (χ0v) is 15.4. The van der Waals surface area contributed by atoms with Crippen LogP contribution in [-0.2, 0) is 14.3 Å². The maximum Gasteiger partial charge on any atom is 0.258 e. The number of amides is 2. The van der Waals surface area contributed by atoms with Gasteiger partial charge < -0.3 is 19.7 Å². The number of hydrogen-bond donors (Lipinski definition) is 1. The molecule has 6 nitrogen and oxygen atoms in total. The first-order valence-electron chi connectivity index (χ1n) is 9.03. The van der Waals surface area contributed by atoms with Crippen molar-refractivity contribution in [3.05, 3.63) is 65.7 Å². The molecule has 1 saturated heterocycles. The Morgan fingerprint density at radius 1 is 1.15 bits per heavy atom. The fourth-order valence-electron chi connectivity index (χ4n) is 2.94. The molecule has 0 saturated carbocycles. The van der Waals surface area contributed by atoms with Crippen LogP contribution >= 0.6 is 0 Å². The summed E-state index contributed by atoms with van der Waals surface area (Å²) in [6.45, 7) is 3.25. The molecule has 2 aromatic rings. The number of hydrogen-bond acceptors (Lipinski definition) is 4. The average Bonchev–Trinajstić information content (AvgIpc) is 2.72. The summed E-state index contributed by atoms with van der Waals surface area (Å²) < 4.78 is 11.3. The maximum atomic E-state index is 12.4. The molecule has 1 aliphatic rings. The number of nitrogens with zero attached hydrogens (tertiary/aromatic N) is 1. The van der Waals surface area contributed by atoms with Crippen LogP contribution in [0, 0.1) is 6.92 Å². The number of aryl methyl sites for hydroxylation is 1. The summed E-state index contributed by atoms with van der Waals surface area (Å²) in [6.07, 6.45) is -0.135. The normalized spacial score (nSPS) is 16.6. The molecule has 1 fully saturated rings. The van der Waals surface area contributed by atoms with Crippen LogP contribution in [0.5, 0.6) is 5.75 Å². The van der Waals surface area contributed by atoms with Gasteiger partial charge in [0.15, 0.2) is 6.61 Å². The fourth-order valence-corrected chi connectivity index (χ4v) is 2.94. The largest absolute Gasteiger partial charge is 0.484 e. The summed E-state index contributed by atoms with van der Waals surface area (Å²) in [5, 5.41) is 2.63. The molecule has 0 bridgehead atoms. The number of para-hydroxylation sites is 1. The molecular weight excluding hydrogens is 344 g/mol. The average molecular weight is 368 g/mol. The number of morpholine rings is 1. The van der Waals surface area contributed by atoms with Crippen molar-refractivity contribution in [2.75, 3.05) is 32.8 Å². The van der Waals surface area contributed by atoms with Gasteiger partial charge in [0.1, 0.15) is 11.9 Å². The molecule has 3 rings (SSSR count). The first-order chi connectivity index (χ1) is 13.1. The van der Waals surface area contributed by atoms with Crippen molar-refractivity contribution in [3.63, 3.8) is 0 Å². The Morgan fingerprint density at radius 2 is 1.89 bits per heavy atom. The third-order valence-electron chi connectivity index (χ3n) is 4.48. The van der Waals surface area contributed by atoms with E-state index in [2.05, 4.69) is 5.32 Å². The molecule has 2 amide bonds. The van der Waals surface area contributed by atoms with Gasteiger partial charge in [-0.2, -0.15) is 0 Å². The highest BCUT2D eigenvalue weighted by Gasteiger charge is 2.25. The van der Waals surface area contributed by atoms with E-state index in [1.165, 1.54) is 0 Å². The van der Waals surface area contributed by atoms with E-state index in [1.807, 2.05) is 61.5 Å². The Hall–Kier alpha value is -2.86. The van der Waals surface area contributed by atoms with Crippen molar-refractivity contribution in [1.29, 1.82) is 0 Å². The molecule has 0 aromatic heterocycles. The van der Waals surface area contributed by atoms with Crippen molar-refractivity contribution >= 4 is 11.8 Å². The summed E-state index contributed by atoms with van der Waals surface area (Å²) in [5.74, 6) is 0.223. The molecule has 1 aliphatic heterocycles. The second-order valence-corrected chi connectivity index (χ2v) is 6.44. The predicted octanol–water partition coefficient (Wildman–Crippen LogP) is 2.09. The lowest BCUT2D eigenvalue weighted by molar-refractivity contribution is -0.139. The Kier molecular flexibility index (Phi) is 6.44. The van der Waals surface area contributed by atoms with Crippen LogP contribution in [0.15, 0.2) is 54.6 Å². The van der Waals surface area contributed by atoms with Gasteiger partial charge in [0.25, 0.3) is 5.91 Å². The quantitative estimate of drug-likeness (QED) is 0.848. The van der Waals surface area contributed by atoms with E-state index in [1.54, 1.807) is 4.90 Å². The van der Waals surface area contributed by atoms with Gasteiger partial charge in [-0.25, -0.2) is 0 Å². The smallest absolute Gasteiger partial charge is 0.258 e. The van der Waals surface area contributed by atoms with Gasteiger partial charge in [-0.1, -0.05) is 48.5 Å². The van der Waals surface area contributed by atoms with Crippen LogP contribution < -0.4 is 10.1 Å². The molecule has 0 radical (unpaired) electrons. The molecule has 0 spiro atoms. The lowest BCUT2D eigenvalue weighted by atomic mass is 10.1. The molecule has 2 aromatic carbocycles. The Bertz CT molecular complexity index is 779. The molecule has 27 heavy (non-hydrogen) atoms. The van der Waals surface area contributed by atoms with E-state index < -0.39 is 0 Å². The van der Waals surface area contributed by atoms with Crippen LogP contribution in [-0.4, -0.2) is 49.6 Å². The van der Waals surface area contributed by atoms with Gasteiger partial charge in [-0.05, 0) is 24.1 Å². The van der Waals surface area contributed by atoms with Gasteiger partial charge in [0, 0.05) is 6.54 Å². The van der Waals surface area contributed by atoms with Crippen LogP contribution in [0.2, 0.25) is 0 Å². The van der Waals surface area contributed by atoms with Gasteiger partial charge in [-0.15, -0.1) is 0 Å². The molecule has 6 heteroatoms. The third-order valence-corrected chi connectivity index (χ3v) is 4.48. The molecule has 1 N–H and O–H groups in total. The minimum atomic E-state index is -0.320. The minimum absolute atomic E-state index is 0.0442. The van der Waals surface area contributed by atoms with E-state index in [0.717, 1.165) is 11.1 Å². The molecule has 0 aliphatic carbocycles. The first-order valence-corrected chi connectivity index (χ1v) is 9.03. The summed E-state index contributed by atoms with van der Waals surface area (Å²) in [6, 6.07) is 17.3. The number of carbonyl (C=O) groups is 2. The van der Waals surface area contributed by atoms with E-state index in [-0.39, 0.29) is 31.1 Å². The maximum absolute atomic E-state index is 12.4. The van der Waals surface area contributed by atoms with E-state index in [4.69, 9.17) is 9.47 Å². The molecule has 142 valence electrons. The number of nitrogens with one attached hydrogen (secondary N) is 1. The topological polar surface area (TPSA) is 67.9 Å². The zero-order chi connectivity index (χ0) is 19.1. The number of rotatable bonds is 6. The number of benzene rings is 2. The van der Waals surface area contributed by atoms with Gasteiger partial charge in [0.2, 0.25) is 5.91 Å². The molecule has 1 atom stereocenters. The highest BCUT2D eigenvalue weighted by Crippen LogP contribution is 2.21. The van der Waals surface area contributed by atoms with Crippen molar-refractivity contribution in [2.45, 2.75) is 13.0 Å². The van der Waals surface area contributed by atoms with E-state index >= 15 is 0 Å². The van der Waals surface area contributed by atoms with Crippen molar-refractivity contribution in [1.82, 2.24) is 10.2 Å². The van der Waals surface area contributed by atoms with Crippen LogP contribution in [0.1, 0.15) is 17.2 Å². The molecule has 1 unspecified atom stereocenters. The SMILES string of the molecule is Cc1ccccc1OCC(=O)NCC(=O)N1CCOC(c2ccccc2)C1. The lowest BCUT2D eigenvalue weighted by Crippen LogP contribution is -2.47. The monoisotopic (exact) mass is 368 g/mol. The van der Waals surface area contributed by atoms with Crippen LogP contribution in [0.4, 0.5) is 0 Å². The molecular formula is C21H24N2O4. The second-order valence-electron chi connectivity index (χ2n) is 6.44. The third kappa shape index (κ3) is 5.31. The van der Waals surface area contributed by atoms with Crippen LogP contribution in [0.25, 0.3) is 0 Å². The highest BCUT2D eigenvalue weighted by atomic mass is 16.5. The Morgan fingerprint density at radius 3 is 2.67 bits per heavy atom. The van der Waals surface area contributed by atoms with Gasteiger partial charge >= 0.3 is 0 Å². The summed E-state index contributed by atoms with van der Waals surface area (Å²) in [7, 11) is 0. The minimum Gasteiger partial charge on any atom is -0.484 e. The molecule has 1 heterocycles. The van der Waals surface area contributed by atoms with Crippen LogP contribution in [0.3, 0.4) is 0 Å². The van der Waals surface area contributed by atoms with Crippen molar-refractivity contribution < 1.29 is 19.1 Å². The second kappa shape index (κ2) is 9.19. The number of ether oxygens (including phenoxy) is 2. The lowest BCUT2D eigenvalue weighted by Gasteiger charge is -2.33. The van der Waals surface area contributed by atoms with Crippen molar-refractivity contribution in [2.24, 2.45) is 0 Å². The van der Waals surface area contributed by atoms with E-state index in [9.17, 15) is 9.59 Å². The summed E-state index contributed by atoms with van der Waals surface area (Å²) >= 11 is 0. The number of carbonyl (C=O) groups excluding carboxylic acids is 2. The standard InChI is InChI=1S/C21H24N2O4/c1-16-7-5-6-10-18(16)27-15-20(24)22-13-21(25)23-11-12-26-19(14-23)17-8-3-2-4-9-17/h2-10,19H,11-15H2,1H3,(H,22,24). The van der Waals surface area contributed by atoms with E-state index in [0.29, 0.717) is 25.4 Å². The first kappa shape index (κ1) is 18.9. The highest BCUT2D eigenvalue weighted by molar-refractivity contribution is 5.85. The Labute approximate surface area is 159 Å².